The molecule has 0 N–H and O–H groups in total. The van der Waals surface area contributed by atoms with E-state index >= 15 is 0 Å². The van der Waals surface area contributed by atoms with Crippen LogP contribution in [0.2, 0.25) is 0 Å². The van der Waals surface area contributed by atoms with Gasteiger partial charge in [-0.05, 0) is 19.1 Å². The molecule has 0 unspecified atom stereocenters. The SMILES string of the molecule is Cc1ccc(O[S-](=O)=NS(C)(=O)=O)cc1. The predicted octanol–water partition coefficient (Wildman–Crippen LogP) is 1.40. The highest BCUT2D eigenvalue weighted by Crippen LogP contribution is 2.11. The molecule has 7 heteroatoms. The van der Waals surface area contributed by atoms with Crippen molar-refractivity contribution in [3.05, 3.63) is 29.8 Å². The monoisotopic (exact) mass is 248 g/mol. The van der Waals surface area contributed by atoms with Gasteiger partial charge in [0, 0.05) is 10.9 Å². The minimum absolute atomic E-state index is 0.311. The van der Waals surface area contributed by atoms with Crippen molar-refractivity contribution in [3.63, 3.8) is 0 Å². The summed E-state index contributed by atoms with van der Waals surface area (Å²) in [5.74, 6) is 0.311. The van der Waals surface area contributed by atoms with Crippen LogP contribution in [0, 0.1) is 6.92 Å². The Kier molecular flexibility index (Phi) is 3.70. The first kappa shape index (κ1) is 12.0. The van der Waals surface area contributed by atoms with Gasteiger partial charge >= 0.3 is 0 Å². The maximum absolute atomic E-state index is 11.1. The second-order valence-corrected chi connectivity index (χ2v) is 5.58. The molecule has 0 aliphatic heterocycles. The molecule has 0 saturated carbocycles. The Morgan fingerprint density at radius 2 is 1.80 bits per heavy atom. The highest BCUT2D eigenvalue weighted by atomic mass is 32.3. The molecule has 0 amide bonds. The molecule has 0 atom stereocenters. The van der Waals surface area contributed by atoms with Crippen molar-refractivity contribution in [3.8, 4) is 5.75 Å². The van der Waals surface area contributed by atoms with Crippen LogP contribution >= 0.6 is 0 Å². The van der Waals surface area contributed by atoms with E-state index in [1.54, 1.807) is 24.3 Å². The lowest BCUT2D eigenvalue weighted by Gasteiger charge is -2.08. The molecule has 1 aromatic rings. The molecule has 0 aliphatic carbocycles. The molecule has 0 fully saturated rings. The van der Waals surface area contributed by atoms with E-state index in [1.807, 2.05) is 6.92 Å². The lowest BCUT2D eigenvalue weighted by Crippen LogP contribution is -1.95. The quantitative estimate of drug-likeness (QED) is 0.758. The Labute approximate surface area is 90.6 Å². The summed E-state index contributed by atoms with van der Waals surface area (Å²) in [6.45, 7) is 1.89. The number of hydrogen-bond acceptors (Lipinski definition) is 5. The molecule has 0 saturated heterocycles. The van der Waals surface area contributed by atoms with Crippen LogP contribution in [0.15, 0.2) is 28.0 Å². The zero-order valence-corrected chi connectivity index (χ0v) is 9.84. The summed E-state index contributed by atoms with van der Waals surface area (Å²) in [6.07, 6.45) is 0.851. The number of sulfonamides is 1. The van der Waals surface area contributed by atoms with Crippen LogP contribution in [0.1, 0.15) is 5.56 Å². The van der Waals surface area contributed by atoms with Crippen molar-refractivity contribution in [2.24, 2.45) is 3.77 Å². The van der Waals surface area contributed by atoms with E-state index in [-0.39, 0.29) is 0 Å². The zero-order valence-electron chi connectivity index (χ0n) is 8.21. The van der Waals surface area contributed by atoms with Crippen molar-refractivity contribution in [1.29, 1.82) is 0 Å². The van der Waals surface area contributed by atoms with Crippen LogP contribution in [0.5, 0.6) is 5.75 Å². The van der Waals surface area contributed by atoms with Gasteiger partial charge in [-0.25, -0.2) is 12.2 Å². The van der Waals surface area contributed by atoms with Crippen LogP contribution in [-0.4, -0.2) is 14.7 Å². The summed E-state index contributed by atoms with van der Waals surface area (Å²) >= 11 is 0. The number of aryl methyl sites for hydroxylation is 1. The van der Waals surface area contributed by atoms with Crippen molar-refractivity contribution in [1.82, 2.24) is 0 Å². The molecule has 0 aromatic heterocycles. The summed E-state index contributed by atoms with van der Waals surface area (Å²) in [6, 6.07) is 6.69. The summed E-state index contributed by atoms with van der Waals surface area (Å²) in [5, 5.41) is 0. The van der Waals surface area contributed by atoms with Gasteiger partial charge in [0.25, 0.3) is 0 Å². The molecule has 5 nitrogen and oxygen atoms in total. The maximum atomic E-state index is 11.1. The van der Waals surface area contributed by atoms with Crippen molar-refractivity contribution in [2.75, 3.05) is 6.26 Å². The largest absolute Gasteiger partial charge is 0.546 e. The van der Waals surface area contributed by atoms with Gasteiger partial charge in [-0.15, -0.1) is 0 Å². The van der Waals surface area contributed by atoms with Crippen molar-refractivity contribution in [2.45, 2.75) is 6.92 Å². The molecule has 0 aliphatic rings. The smallest absolute Gasteiger partial charge is 0.231 e. The van der Waals surface area contributed by atoms with Gasteiger partial charge in [-0.3, -0.25) is 0 Å². The highest BCUT2D eigenvalue weighted by molar-refractivity contribution is 7.94. The van der Waals surface area contributed by atoms with Gasteiger partial charge in [-0.2, -0.15) is 0 Å². The van der Waals surface area contributed by atoms with E-state index in [4.69, 9.17) is 4.18 Å². The van der Waals surface area contributed by atoms with Crippen LogP contribution in [-0.2, 0) is 25.1 Å². The molecule has 0 radical (unpaired) electrons. The second-order valence-electron chi connectivity index (χ2n) is 2.92. The molecule has 84 valence electrons. The zero-order chi connectivity index (χ0) is 11.5. The van der Waals surface area contributed by atoms with E-state index in [2.05, 4.69) is 3.77 Å². The molecule has 0 heterocycles. The van der Waals surface area contributed by atoms with Crippen LogP contribution in [0.4, 0.5) is 0 Å². The van der Waals surface area contributed by atoms with E-state index in [9.17, 15) is 12.6 Å². The van der Waals surface area contributed by atoms with Gasteiger partial charge in [0.2, 0.25) is 10.0 Å². The van der Waals surface area contributed by atoms with Gasteiger partial charge in [0.05, 0.1) is 6.26 Å². The minimum atomic E-state index is -3.65. The summed E-state index contributed by atoms with van der Waals surface area (Å²) in [4.78, 5) is 0. The van der Waals surface area contributed by atoms with E-state index < -0.39 is 20.9 Å². The summed E-state index contributed by atoms with van der Waals surface area (Å²) in [5.41, 5.74) is 1.02. The third-order valence-corrected chi connectivity index (χ3v) is 3.29. The molecule has 1 rings (SSSR count). The Balaban J connectivity index is 2.84. The predicted molar refractivity (Wildman–Crippen MR) is 57.1 cm³/mol. The fraction of sp³-hybridized carbons (Fsp3) is 0.250. The highest BCUT2D eigenvalue weighted by Gasteiger charge is 1.91. The van der Waals surface area contributed by atoms with Gasteiger partial charge in [0.15, 0.2) is 0 Å². The number of benzene rings is 1. The third-order valence-electron chi connectivity index (χ3n) is 1.38. The Hall–Kier alpha value is -1.08. The Morgan fingerprint density at radius 1 is 1.27 bits per heavy atom. The number of hydrogen-bond donors (Lipinski definition) is 0. The Bertz CT molecular complexity index is 512. The first-order valence-corrected chi connectivity index (χ1v) is 6.85. The first-order valence-electron chi connectivity index (χ1n) is 3.97. The average molecular weight is 248 g/mol. The third kappa shape index (κ3) is 4.80. The molecule has 15 heavy (non-hydrogen) atoms. The normalized spacial score (nSPS) is 13.7. The van der Waals surface area contributed by atoms with Crippen LogP contribution in [0.3, 0.4) is 0 Å². The molecular weight excluding hydrogens is 238 g/mol. The lowest BCUT2D eigenvalue weighted by molar-refractivity contribution is 0.529. The maximum Gasteiger partial charge on any atom is 0.231 e. The van der Waals surface area contributed by atoms with E-state index in [0.717, 1.165) is 11.8 Å². The standard InChI is InChI=1S/C8H10NO4S2/c1-7-3-5-8(6-4-7)13-14(10)9-15(2,11)12/h3-6H,1-2H3/q-1. The summed E-state index contributed by atoms with van der Waals surface area (Å²) < 4.78 is 40.1. The van der Waals surface area contributed by atoms with Gasteiger partial charge in [0.1, 0.15) is 5.75 Å². The lowest BCUT2D eigenvalue weighted by atomic mass is 10.2. The fourth-order valence-electron chi connectivity index (χ4n) is 0.802. The second kappa shape index (κ2) is 4.63. The van der Waals surface area contributed by atoms with Gasteiger partial charge in [-0.1, -0.05) is 17.7 Å². The van der Waals surface area contributed by atoms with E-state index in [1.165, 1.54) is 0 Å². The number of rotatable bonds is 3. The topological polar surface area (TPSA) is 72.8 Å². The van der Waals surface area contributed by atoms with Crippen LogP contribution < -0.4 is 4.18 Å². The van der Waals surface area contributed by atoms with Crippen molar-refractivity contribution >= 4 is 20.9 Å². The fourth-order valence-corrected chi connectivity index (χ4v) is 2.08. The Morgan fingerprint density at radius 3 is 2.27 bits per heavy atom. The van der Waals surface area contributed by atoms with Gasteiger partial charge < -0.3 is 8.39 Å². The van der Waals surface area contributed by atoms with E-state index in [0.29, 0.717) is 5.75 Å². The minimum Gasteiger partial charge on any atom is -0.546 e. The average Bonchev–Trinajstić information content (AvgIpc) is 2.05. The molecule has 0 bridgehead atoms. The first-order chi connectivity index (χ1) is 6.87. The number of nitrogens with zero attached hydrogens (tertiary/aromatic N) is 1. The molecule has 1 aromatic carbocycles. The van der Waals surface area contributed by atoms with Crippen LogP contribution in [0.25, 0.3) is 0 Å². The molecular formula is C8H10NO4S2-. The molecule has 0 spiro atoms. The summed E-state index contributed by atoms with van der Waals surface area (Å²) in [7, 11) is -5.86. The van der Waals surface area contributed by atoms with Crippen molar-refractivity contribution < 1.29 is 16.8 Å².